The van der Waals surface area contributed by atoms with Gasteiger partial charge in [-0.3, -0.25) is 14.4 Å². The molecule has 4 aromatic rings. The van der Waals surface area contributed by atoms with Gasteiger partial charge >= 0.3 is 5.97 Å². The van der Waals surface area contributed by atoms with Gasteiger partial charge in [0.25, 0.3) is 11.8 Å². The van der Waals surface area contributed by atoms with E-state index >= 15 is 0 Å². The molecule has 0 spiro atoms. The number of carbonyl (C=O) groups is 4. The van der Waals surface area contributed by atoms with E-state index in [0.717, 1.165) is 57.5 Å². The van der Waals surface area contributed by atoms with Crippen molar-refractivity contribution in [1.29, 1.82) is 0 Å². The van der Waals surface area contributed by atoms with E-state index in [2.05, 4.69) is 31.9 Å². The maximum absolute atomic E-state index is 13.5. The van der Waals surface area contributed by atoms with Crippen molar-refractivity contribution in [1.82, 2.24) is 5.32 Å². The molecule has 0 aliphatic heterocycles. The zero-order valence-electron chi connectivity index (χ0n) is 25.8. The van der Waals surface area contributed by atoms with Gasteiger partial charge in [-0.2, -0.15) is 0 Å². The van der Waals surface area contributed by atoms with Gasteiger partial charge < -0.3 is 20.7 Å². The summed E-state index contributed by atoms with van der Waals surface area (Å²) in [7, 11) is 0. The standard InChI is InChI=1S/C36H34BrN3O5S2/c1-2-45-36(44)32-28-14-7-4-8-15-30(28)47-35(32)40-31(41)22-46-27-13-9-12-26(21-27)38-34(43)29(20-23-16-18-25(37)19-17-23)39-33(42)24-10-5-3-6-11-24/h3,5-6,9-13,16-21H,2,4,7-8,14-15,22H2,1H3,(H,38,43)(H,39,42)(H,40,41)/b29-20+. The third-order valence-electron chi connectivity index (χ3n) is 7.33. The van der Waals surface area contributed by atoms with Crippen molar-refractivity contribution in [2.75, 3.05) is 23.0 Å². The molecule has 0 radical (unpaired) electrons. The summed E-state index contributed by atoms with van der Waals surface area (Å²) >= 11 is 6.19. The van der Waals surface area contributed by atoms with E-state index in [4.69, 9.17) is 4.74 Å². The first kappa shape index (κ1) is 34.2. The highest BCUT2D eigenvalue weighted by Crippen LogP contribution is 2.38. The second kappa shape index (κ2) is 16.6. The van der Waals surface area contributed by atoms with Gasteiger partial charge in [0.15, 0.2) is 0 Å². The first-order valence-corrected chi connectivity index (χ1v) is 17.9. The summed E-state index contributed by atoms with van der Waals surface area (Å²) in [4.78, 5) is 54.2. The van der Waals surface area contributed by atoms with Crippen LogP contribution in [0.4, 0.5) is 10.7 Å². The lowest BCUT2D eigenvalue weighted by atomic mass is 10.1. The minimum Gasteiger partial charge on any atom is -0.462 e. The third kappa shape index (κ3) is 9.43. The Kier molecular flexibility index (Phi) is 12.0. The molecule has 0 saturated heterocycles. The van der Waals surface area contributed by atoms with Crippen LogP contribution in [-0.4, -0.2) is 36.1 Å². The molecule has 0 saturated carbocycles. The van der Waals surface area contributed by atoms with E-state index in [1.807, 2.05) is 36.4 Å². The molecule has 3 aromatic carbocycles. The molecule has 1 aliphatic rings. The topological polar surface area (TPSA) is 114 Å². The van der Waals surface area contributed by atoms with Gasteiger partial charge in [0, 0.05) is 25.5 Å². The molecule has 8 nitrogen and oxygen atoms in total. The van der Waals surface area contributed by atoms with Crippen LogP contribution in [0.15, 0.2) is 93.9 Å². The molecule has 1 heterocycles. The number of carbonyl (C=O) groups excluding carboxylic acids is 4. The second-order valence-electron chi connectivity index (χ2n) is 10.7. The van der Waals surface area contributed by atoms with Crippen LogP contribution < -0.4 is 16.0 Å². The van der Waals surface area contributed by atoms with Crippen LogP contribution in [0.5, 0.6) is 0 Å². The van der Waals surface area contributed by atoms with Crippen molar-refractivity contribution in [3.63, 3.8) is 0 Å². The Morgan fingerprint density at radius 2 is 1.68 bits per heavy atom. The Morgan fingerprint density at radius 1 is 0.915 bits per heavy atom. The minimum absolute atomic E-state index is 0.0744. The Hall–Kier alpha value is -4.19. The average Bonchev–Trinajstić information content (AvgIpc) is 3.24. The Balaban J connectivity index is 1.26. The Labute approximate surface area is 290 Å². The average molecular weight is 733 g/mol. The molecule has 47 heavy (non-hydrogen) atoms. The highest BCUT2D eigenvalue weighted by molar-refractivity contribution is 9.10. The van der Waals surface area contributed by atoms with Crippen molar-refractivity contribution < 1.29 is 23.9 Å². The Bertz CT molecular complexity index is 1790. The number of nitrogens with one attached hydrogen (secondary N) is 3. The lowest BCUT2D eigenvalue weighted by Gasteiger charge is -2.12. The van der Waals surface area contributed by atoms with Crippen LogP contribution in [0, 0.1) is 0 Å². The van der Waals surface area contributed by atoms with Crippen molar-refractivity contribution in [2.45, 2.75) is 43.9 Å². The van der Waals surface area contributed by atoms with Crippen LogP contribution in [0.25, 0.3) is 6.08 Å². The summed E-state index contributed by atoms with van der Waals surface area (Å²) in [6, 6.07) is 23.2. The number of amides is 3. The summed E-state index contributed by atoms with van der Waals surface area (Å²) in [6.07, 6.45) is 6.50. The van der Waals surface area contributed by atoms with Crippen LogP contribution in [0.3, 0.4) is 0 Å². The van der Waals surface area contributed by atoms with Crippen LogP contribution in [0.1, 0.15) is 62.9 Å². The number of fused-ring (bicyclic) bond motifs is 1. The van der Waals surface area contributed by atoms with E-state index in [1.165, 1.54) is 23.1 Å². The fourth-order valence-corrected chi connectivity index (χ4v) is 7.40. The number of hydrogen-bond donors (Lipinski definition) is 3. The first-order chi connectivity index (χ1) is 22.8. The quantitative estimate of drug-likeness (QED) is 0.0622. The van der Waals surface area contributed by atoms with Crippen molar-refractivity contribution in [3.05, 3.63) is 116 Å². The molecule has 3 amide bonds. The van der Waals surface area contributed by atoms with Gasteiger partial charge in [0.2, 0.25) is 5.91 Å². The monoisotopic (exact) mass is 731 g/mol. The predicted molar refractivity (Wildman–Crippen MR) is 192 cm³/mol. The van der Waals surface area contributed by atoms with Gasteiger partial charge in [-0.25, -0.2) is 4.79 Å². The zero-order chi connectivity index (χ0) is 33.2. The summed E-state index contributed by atoms with van der Waals surface area (Å²) in [5, 5.41) is 9.11. The number of rotatable bonds is 11. The van der Waals surface area contributed by atoms with Gasteiger partial charge in [-0.1, -0.05) is 58.7 Å². The maximum atomic E-state index is 13.5. The third-order valence-corrected chi connectivity index (χ3v) is 10.1. The van der Waals surface area contributed by atoms with Gasteiger partial charge in [-0.05, 0) is 92.3 Å². The summed E-state index contributed by atoms with van der Waals surface area (Å²) in [5.41, 5.74) is 3.23. The molecule has 0 unspecified atom stereocenters. The Morgan fingerprint density at radius 3 is 2.45 bits per heavy atom. The number of thioether (sulfide) groups is 1. The number of aryl methyl sites for hydroxylation is 1. The lowest BCUT2D eigenvalue weighted by Crippen LogP contribution is -2.30. The first-order valence-electron chi connectivity index (χ1n) is 15.3. The van der Waals surface area contributed by atoms with Crippen molar-refractivity contribution >= 4 is 79.5 Å². The molecule has 0 atom stereocenters. The molecular weight excluding hydrogens is 698 g/mol. The lowest BCUT2D eigenvalue weighted by molar-refractivity contribution is -0.114. The largest absolute Gasteiger partial charge is 0.462 e. The van der Waals surface area contributed by atoms with Crippen LogP contribution in [0.2, 0.25) is 0 Å². The van der Waals surface area contributed by atoms with Gasteiger partial charge in [0.1, 0.15) is 10.7 Å². The molecular formula is C36H34BrN3O5S2. The summed E-state index contributed by atoms with van der Waals surface area (Å²) < 4.78 is 6.23. The number of anilines is 2. The molecule has 0 bridgehead atoms. The number of halogens is 1. The highest BCUT2D eigenvalue weighted by Gasteiger charge is 2.26. The van der Waals surface area contributed by atoms with Crippen molar-refractivity contribution in [3.8, 4) is 0 Å². The second-order valence-corrected chi connectivity index (χ2v) is 13.8. The number of ether oxygens (including phenoxy) is 1. The number of hydrogen-bond acceptors (Lipinski definition) is 7. The smallest absolute Gasteiger partial charge is 0.341 e. The fraction of sp³-hybridized carbons (Fsp3) is 0.222. The molecule has 1 aromatic heterocycles. The number of benzene rings is 3. The minimum atomic E-state index is -0.499. The zero-order valence-corrected chi connectivity index (χ0v) is 29.0. The fourth-order valence-electron chi connectivity index (χ4n) is 5.09. The van der Waals surface area contributed by atoms with E-state index in [-0.39, 0.29) is 24.0 Å². The number of thiophene rings is 1. The molecule has 5 rings (SSSR count). The maximum Gasteiger partial charge on any atom is 0.341 e. The molecule has 11 heteroatoms. The predicted octanol–water partition coefficient (Wildman–Crippen LogP) is 8.10. The molecule has 1 aliphatic carbocycles. The van der Waals surface area contributed by atoms with E-state index in [0.29, 0.717) is 21.8 Å². The molecule has 0 fully saturated rings. The van der Waals surface area contributed by atoms with Crippen LogP contribution >= 0.6 is 39.0 Å². The SMILES string of the molecule is CCOC(=O)c1c(NC(=O)CSc2cccc(NC(=O)/C(=C\c3ccc(Br)cc3)NC(=O)c3ccccc3)c2)sc2c1CCCCC2. The summed E-state index contributed by atoms with van der Waals surface area (Å²) in [5.74, 6) is -1.44. The summed E-state index contributed by atoms with van der Waals surface area (Å²) in [6.45, 7) is 2.04. The van der Waals surface area contributed by atoms with Crippen molar-refractivity contribution in [2.24, 2.45) is 0 Å². The van der Waals surface area contributed by atoms with Gasteiger partial charge in [-0.15, -0.1) is 23.1 Å². The van der Waals surface area contributed by atoms with E-state index in [1.54, 1.807) is 55.5 Å². The molecule has 3 N–H and O–H groups in total. The van der Waals surface area contributed by atoms with Gasteiger partial charge in [0.05, 0.1) is 17.9 Å². The normalized spacial score (nSPS) is 12.8. The molecule has 242 valence electrons. The highest BCUT2D eigenvalue weighted by atomic mass is 79.9. The van der Waals surface area contributed by atoms with E-state index < -0.39 is 17.8 Å². The van der Waals surface area contributed by atoms with Crippen LogP contribution in [-0.2, 0) is 27.2 Å². The van der Waals surface area contributed by atoms with E-state index in [9.17, 15) is 19.2 Å². The number of esters is 1.